The van der Waals surface area contributed by atoms with E-state index in [1.54, 1.807) is 6.92 Å². The lowest BCUT2D eigenvalue weighted by Gasteiger charge is -2.34. The fourth-order valence-electron chi connectivity index (χ4n) is 4.72. The van der Waals surface area contributed by atoms with Gasteiger partial charge in [0.25, 0.3) is 11.8 Å². The number of imidazole rings is 1. The summed E-state index contributed by atoms with van der Waals surface area (Å²) in [4.78, 5) is 34.1. The molecule has 2 aromatic carbocycles. The molecule has 0 aliphatic carbocycles. The molecule has 9 nitrogen and oxygen atoms in total. The third-order valence-electron chi connectivity index (χ3n) is 6.62. The van der Waals surface area contributed by atoms with Crippen LogP contribution in [0, 0.1) is 6.92 Å². The number of nitrogens with zero attached hydrogens (tertiary/aromatic N) is 6. The summed E-state index contributed by atoms with van der Waals surface area (Å²) >= 11 is 0. The molecular formula is C28H27N7O2. The van der Waals surface area contributed by atoms with Crippen molar-refractivity contribution in [3.8, 4) is 11.5 Å². The van der Waals surface area contributed by atoms with Crippen molar-refractivity contribution in [1.82, 2.24) is 34.9 Å². The van der Waals surface area contributed by atoms with Crippen molar-refractivity contribution >= 4 is 16.9 Å². The van der Waals surface area contributed by atoms with Crippen LogP contribution in [0.2, 0.25) is 0 Å². The van der Waals surface area contributed by atoms with Crippen LogP contribution in [0.1, 0.15) is 33.3 Å². The molecule has 3 aromatic heterocycles. The first-order valence-corrected chi connectivity index (χ1v) is 12.4. The summed E-state index contributed by atoms with van der Waals surface area (Å²) in [6.07, 6.45) is 2.47. The van der Waals surface area contributed by atoms with Crippen LogP contribution in [0.25, 0.3) is 22.5 Å². The molecule has 0 bridgehead atoms. The highest BCUT2D eigenvalue weighted by molar-refractivity contribution is 5.94. The van der Waals surface area contributed by atoms with Crippen LogP contribution in [-0.2, 0) is 13.0 Å². The summed E-state index contributed by atoms with van der Waals surface area (Å²) in [5.74, 6) is 2.06. The van der Waals surface area contributed by atoms with Gasteiger partial charge in [0.1, 0.15) is 5.82 Å². The van der Waals surface area contributed by atoms with Crippen LogP contribution in [0.5, 0.6) is 0 Å². The fourth-order valence-corrected chi connectivity index (χ4v) is 4.72. The Balaban J connectivity index is 1.09. The first-order chi connectivity index (χ1) is 18.1. The van der Waals surface area contributed by atoms with E-state index in [-0.39, 0.29) is 5.91 Å². The minimum Gasteiger partial charge on any atom is -0.342 e. The van der Waals surface area contributed by atoms with Gasteiger partial charge in [-0.15, -0.1) is 0 Å². The summed E-state index contributed by atoms with van der Waals surface area (Å²) in [6.45, 7) is 5.79. The van der Waals surface area contributed by atoms with Crippen molar-refractivity contribution in [2.45, 2.75) is 19.9 Å². The van der Waals surface area contributed by atoms with E-state index >= 15 is 0 Å². The maximum absolute atomic E-state index is 12.7. The van der Waals surface area contributed by atoms with Gasteiger partial charge < -0.3 is 14.4 Å². The molecule has 0 unspecified atom stereocenters. The summed E-state index contributed by atoms with van der Waals surface area (Å²) in [5.41, 5.74) is 5.58. The molecule has 1 saturated heterocycles. The Kier molecular flexibility index (Phi) is 6.20. The van der Waals surface area contributed by atoms with Crippen LogP contribution in [-0.4, -0.2) is 67.0 Å². The number of aromatic amines is 1. The smallest absolute Gasteiger partial charge is 0.257 e. The van der Waals surface area contributed by atoms with Gasteiger partial charge in [0.15, 0.2) is 5.82 Å². The van der Waals surface area contributed by atoms with Crippen molar-refractivity contribution in [1.29, 1.82) is 0 Å². The minimum absolute atomic E-state index is 0.108. The largest absolute Gasteiger partial charge is 0.342 e. The number of hydrogen-bond donors (Lipinski definition) is 1. The lowest BCUT2D eigenvalue weighted by molar-refractivity contribution is 0.0628. The van der Waals surface area contributed by atoms with Crippen LogP contribution in [0.15, 0.2) is 71.4 Å². The number of pyridine rings is 1. The Bertz CT molecular complexity index is 1530. The van der Waals surface area contributed by atoms with Gasteiger partial charge in [0.2, 0.25) is 0 Å². The molecule has 4 heterocycles. The van der Waals surface area contributed by atoms with E-state index in [9.17, 15) is 4.79 Å². The fraction of sp³-hybridized carbons (Fsp3) is 0.250. The predicted octanol–water partition coefficient (Wildman–Crippen LogP) is 3.87. The topological polar surface area (TPSA) is 104 Å². The van der Waals surface area contributed by atoms with Crippen LogP contribution < -0.4 is 0 Å². The molecule has 9 heteroatoms. The van der Waals surface area contributed by atoms with E-state index < -0.39 is 0 Å². The molecule has 0 spiro atoms. The zero-order chi connectivity index (χ0) is 25.2. The number of aryl methyl sites for hydroxylation is 1. The van der Waals surface area contributed by atoms with Gasteiger partial charge in [-0.1, -0.05) is 23.4 Å². The van der Waals surface area contributed by atoms with Gasteiger partial charge in [-0.3, -0.25) is 14.7 Å². The van der Waals surface area contributed by atoms with Gasteiger partial charge in [0.05, 0.1) is 11.0 Å². The molecule has 5 aromatic rings. The SMILES string of the molecule is Cc1noc(-c2ccc3nc(Cc4cc(CN5CCN(C(=O)c6ccccc6)CC5)ccn4)[nH]c3c2)n1. The van der Waals surface area contributed by atoms with Crippen molar-refractivity contribution in [2.75, 3.05) is 26.2 Å². The van der Waals surface area contributed by atoms with Gasteiger partial charge in [-0.25, -0.2) is 4.98 Å². The lowest BCUT2D eigenvalue weighted by atomic mass is 10.1. The maximum Gasteiger partial charge on any atom is 0.257 e. The number of rotatable bonds is 6. The Morgan fingerprint density at radius 2 is 1.84 bits per heavy atom. The standard InChI is InChI=1S/C28H27N7O2/c1-19-30-27(37-33-19)22-7-8-24-25(16-22)32-26(31-24)17-23-15-20(9-10-29-23)18-34-11-13-35(14-12-34)28(36)21-5-3-2-4-6-21/h2-10,15-16H,11-14,17-18H2,1H3,(H,31,32). The van der Waals surface area contributed by atoms with Crippen molar-refractivity contribution < 1.29 is 9.32 Å². The highest BCUT2D eigenvalue weighted by Gasteiger charge is 2.22. The van der Waals surface area contributed by atoms with E-state index in [0.717, 1.165) is 66.4 Å². The summed E-state index contributed by atoms with van der Waals surface area (Å²) in [5, 5.41) is 3.87. The molecule has 186 valence electrons. The number of H-pyrrole nitrogens is 1. The Morgan fingerprint density at radius 1 is 1.00 bits per heavy atom. The quantitative estimate of drug-likeness (QED) is 0.383. The number of amides is 1. The molecule has 37 heavy (non-hydrogen) atoms. The number of nitrogens with one attached hydrogen (secondary N) is 1. The lowest BCUT2D eigenvalue weighted by Crippen LogP contribution is -2.48. The molecule has 1 fully saturated rings. The average molecular weight is 494 g/mol. The number of piperazine rings is 1. The molecule has 1 N–H and O–H groups in total. The van der Waals surface area contributed by atoms with E-state index in [4.69, 9.17) is 9.51 Å². The summed E-state index contributed by atoms with van der Waals surface area (Å²) < 4.78 is 5.29. The molecule has 0 saturated carbocycles. The molecule has 6 rings (SSSR count). The molecule has 0 radical (unpaired) electrons. The first-order valence-electron chi connectivity index (χ1n) is 12.4. The highest BCUT2D eigenvalue weighted by Crippen LogP contribution is 2.23. The number of hydrogen-bond acceptors (Lipinski definition) is 7. The minimum atomic E-state index is 0.108. The van der Waals surface area contributed by atoms with Gasteiger partial charge in [-0.2, -0.15) is 4.98 Å². The van der Waals surface area contributed by atoms with Gasteiger partial charge >= 0.3 is 0 Å². The van der Waals surface area contributed by atoms with Crippen molar-refractivity contribution in [3.63, 3.8) is 0 Å². The number of carbonyl (C=O) groups excluding carboxylic acids is 1. The molecule has 1 amide bonds. The number of fused-ring (bicyclic) bond motifs is 1. The average Bonchev–Trinajstić information content (AvgIpc) is 3.54. The molecule has 0 atom stereocenters. The molecular weight excluding hydrogens is 466 g/mol. The van der Waals surface area contributed by atoms with Crippen LogP contribution >= 0.6 is 0 Å². The van der Waals surface area contributed by atoms with Gasteiger partial charge in [-0.05, 0) is 55.0 Å². The first kappa shape index (κ1) is 23.1. The van der Waals surface area contributed by atoms with E-state index in [1.807, 2.05) is 59.6 Å². The normalized spacial score (nSPS) is 14.4. The second-order valence-corrected chi connectivity index (χ2v) is 9.33. The number of aromatic nitrogens is 5. The van der Waals surface area contributed by atoms with E-state index in [0.29, 0.717) is 18.1 Å². The Morgan fingerprint density at radius 3 is 2.62 bits per heavy atom. The zero-order valence-electron chi connectivity index (χ0n) is 20.6. The predicted molar refractivity (Wildman–Crippen MR) is 139 cm³/mol. The Hall–Kier alpha value is -4.37. The summed E-state index contributed by atoms with van der Waals surface area (Å²) in [7, 11) is 0. The van der Waals surface area contributed by atoms with E-state index in [1.165, 1.54) is 5.56 Å². The third-order valence-corrected chi connectivity index (χ3v) is 6.62. The molecule has 1 aliphatic heterocycles. The highest BCUT2D eigenvalue weighted by atomic mass is 16.5. The summed E-state index contributed by atoms with van der Waals surface area (Å²) in [6, 6.07) is 19.6. The number of benzene rings is 2. The monoisotopic (exact) mass is 493 g/mol. The third kappa shape index (κ3) is 5.12. The second kappa shape index (κ2) is 9.94. The van der Waals surface area contributed by atoms with Crippen LogP contribution in [0.4, 0.5) is 0 Å². The maximum atomic E-state index is 12.7. The van der Waals surface area contributed by atoms with E-state index in [2.05, 4.69) is 37.1 Å². The van der Waals surface area contributed by atoms with Crippen molar-refractivity contribution in [3.05, 3.63) is 95.3 Å². The molecule has 1 aliphatic rings. The Labute approximate surface area is 214 Å². The van der Waals surface area contributed by atoms with Crippen LogP contribution in [0.3, 0.4) is 0 Å². The number of carbonyl (C=O) groups is 1. The zero-order valence-corrected chi connectivity index (χ0v) is 20.6. The van der Waals surface area contributed by atoms with Crippen molar-refractivity contribution in [2.24, 2.45) is 0 Å². The van der Waals surface area contributed by atoms with Gasteiger partial charge in [0, 0.05) is 62.2 Å². The second-order valence-electron chi connectivity index (χ2n) is 9.33.